The van der Waals surface area contributed by atoms with Gasteiger partial charge in [0.1, 0.15) is 4.90 Å². The molecule has 0 aliphatic rings. The molecule has 1 aromatic heterocycles. The fourth-order valence-corrected chi connectivity index (χ4v) is 2.93. The number of rotatable bonds is 4. The molecular formula is C14H17NO3S. The molecule has 0 amide bonds. The van der Waals surface area contributed by atoms with Gasteiger partial charge in [-0.1, -0.05) is 32.0 Å². The zero-order chi connectivity index (χ0) is 14.0. The van der Waals surface area contributed by atoms with Crippen LogP contribution in [0, 0.1) is 12.8 Å². The van der Waals surface area contributed by atoms with Crippen molar-refractivity contribution < 1.29 is 12.6 Å². The van der Waals surface area contributed by atoms with E-state index in [0.29, 0.717) is 5.52 Å². The topological polar surface area (TPSA) is 56.3 Å². The minimum Gasteiger partial charge on any atom is -0.266 e. The lowest BCUT2D eigenvalue weighted by Crippen LogP contribution is -2.11. The summed E-state index contributed by atoms with van der Waals surface area (Å²) in [6.07, 6.45) is 0. The van der Waals surface area contributed by atoms with Crippen LogP contribution in [0.5, 0.6) is 0 Å². The molecule has 2 rings (SSSR count). The van der Waals surface area contributed by atoms with E-state index in [-0.39, 0.29) is 17.4 Å². The average molecular weight is 279 g/mol. The Kier molecular flexibility index (Phi) is 3.87. The molecule has 0 unspecified atom stereocenters. The summed E-state index contributed by atoms with van der Waals surface area (Å²) >= 11 is 0. The van der Waals surface area contributed by atoms with E-state index in [1.54, 1.807) is 6.07 Å². The van der Waals surface area contributed by atoms with E-state index < -0.39 is 10.1 Å². The van der Waals surface area contributed by atoms with Crippen LogP contribution in [0.3, 0.4) is 0 Å². The fourth-order valence-electron chi connectivity index (χ4n) is 1.71. The van der Waals surface area contributed by atoms with Crippen molar-refractivity contribution >= 4 is 21.0 Å². The van der Waals surface area contributed by atoms with Gasteiger partial charge in [0.25, 0.3) is 10.1 Å². The number of aryl methyl sites for hydroxylation is 1. The predicted molar refractivity (Wildman–Crippen MR) is 74.5 cm³/mol. The van der Waals surface area contributed by atoms with Crippen LogP contribution >= 0.6 is 0 Å². The molecule has 0 radical (unpaired) electrons. The number of hydrogen-bond acceptors (Lipinski definition) is 4. The third-order valence-corrected chi connectivity index (χ3v) is 3.96. The highest BCUT2D eigenvalue weighted by Crippen LogP contribution is 2.23. The quantitative estimate of drug-likeness (QED) is 0.807. The third kappa shape index (κ3) is 3.11. The molecule has 4 nitrogen and oxygen atoms in total. The summed E-state index contributed by atoms with van der Waals surface area (Å²) in [4.78, 5) is 4.44. The summed E-state index contributed by atoms with van der Waals surface area (Å²) < 4.78 is 29.5. The Morgan fingerprint density at radius 3 is 2.63 bits per heavy atom. The zero-order valence-corrected chi connectivity index (χ0v) is 12.1. The van der Waals surface area contributed by atoms with Crippen molar-refractivity contribution in [1.29, 1.82) is 0 Å². The smallest absolute Gasteiger partial charge is 0.266 e. The van der Waals surface area contributed by atoms with Gasteiger partial charge in [-0.2, -0.15) is 8.42 Å². The Hall–Kier alpha value is -1.46. The zero-order valence-electron chi connectivity index (χ0n) is 11.3. The number of fused-ring (bicyclic) bond motifs is 1. The molecule has 0 N–H and O–H groups in total. The highest BCUT2D eigenvalue weighted by molar-refractivity contribution is 7.87. The van der Waals surface area contributed by atoms with Crippen molar-refractivity contribution in [1.82, 2.24) is 4.98 Å². The first kappa shape index (κ1) is 14.0. The summed E-state index contributed by atoms with van der Waals surface area (Å²) in [5.41, 5.74) is 1.24. The van der Waals surface area contributed by atoms with Crippen molar-refractivity contribution in [2.24, 2.45) is 5.92 Å². The molecule has 0 fully saturated rings. The van der Waals surface area contributed by atoms with Gasteiger partial charge in [0, 0.05) is 11.1 Å². The highest BCUT2D eigenvalue weighted by Gasteiger charge is 2.19. The first-order chi connectivity index (χ1) is 8.90. The molecule has 0 atom stereocenters. The molecule has 2 aromatic rings. The van der Waals surface area contributed by atoms with E-state index in [2.05, 4.69) is 4.98 Å². The van der Waals surface area contributed by atoms with Crippen LogP contribution in [-0.4, -0.2) is 20.0 Å². The van der Waals surface area contributed by atoms with Gasteiger partial charge in [-0.05, 0) is 25.0 Å². The number of pyridine rings is 1. The molecule has 1 aromatic carbocycles. The largest absolute Gasteiger partial charge is 0.299 e. The minimum absolute atomic E-state index is 0.134. The van der Waals surface area contributed by atoms with Gasteiger partial charge in [-0.3, -0.25) is 9.17 Å². The van der Waals surface area contributed by atoms with Crippen molar-refractivity contribution in [2.45, 2.75) is 25.7 Å². The SMILES string of the molecule is Cc1ccc2cccc(S(=O)(=O)OCC(C)C)c2n1. The lowest BCUT2D eigenvalue weighted by Gasteiger charge is -2.09. The molecule has 0 aliphatic heterocycles. The van der Waals surface area contributed by atoms with Crippen LogP contribution in [0.15, 0.2) is 35.2 Å². The van der Waals surface area contributed by atoms with E-state index in [1.807, 2.05) is 39.0 Å². The molecule has 19 heavy (non-hydrogen) atoms. The van der Waals surface area contributed by atoms with Gasteiger partial charge < -0.3 is 0 Å². The van der Waals surface area contributed by atoms with Crippen LogP contribution in [-0.2, 0) is 14.3 Å². The number of nitrogens with zero attached hydrogens (tertiary/aromatic N) is 1. The molecule has 5 heteroatoms. The molecule has 0 bridgehead atoms. The Balaban J connectivity index is 2.53. The van der Waals surface area contributed by atoms with Gasteiger partial charge in [-0.15, -0.1) is 0 Å². The van der Waals surface area contributed by atoms with Crippen LogP contribution in [0.1, 0.15) is 19.5 Å². The first-order valence-corrected chi connectivity index (χ1v) is 7.57. The van der Waals surface area contributed by atoms with E-state index >= 15 is 0 Å². The molecular weight excluding hydrogens is 262 g/mol. The minimum atomic E-state index is -3.76. The molecule has 0 aliphatic carbocycles. The lowest BCUT2D eigenvalue weighted by atomic mass is 10.2. The van der Waals surface area contributed by atoms with Gasteiger partial charge in [-0.25, -0.2) is 0 Å². The summed E-state index contributed by atoms with van der Waals surface area (Å²) in [6.45, 7) is 5.81. The Labute approximate surface area is 113 Å². The standard InChI is InChI=1S/C14H17NO3S/c1-10(2)9-18-19(16,17)13-6-4-5-12-8-7-11(3)15-14(12)13/h4-8,10H,9H2,1-3H3. The first-order valence-electron chi connectivity index (χ1n) is 6.16. The van der Waals surface area contributed by atoms with Crippen LogP contribution in [0.25, 0.3) is 10.9 Å². The Morgan fingerprint density at radius 2 is 1.95 bits per heavy atom. The van der Waals surface area contributed by atoms with E-state index in [1.165, 1.54) is 6.07 Å². The van der Waals surface area contributed by atoms with E-state index in [4.69, 9.17) is 4.18 Å². The monoisotopic (exact) mass is 279 g/mol. The maximum atomic E-state index is 12.2. The number of aromatic nitrogens is 1. The summed E-state index contributed by atoms with van der Waals surface area (Å²) in [6, 6.07) is 8.78. The number of hydrogen-bond donors (Lipinski definition) is 0. The second-order valence-corrected chi connectivity index (χ2v) is 6.50. The fraction of sp³-hybridized carbons (Fsp3) is 0.357. The molecule has 0 spiro atoms. The summed E-state index contributed by atoms with van der Waals surface area (Å²) in [5.74, 6) is 0.152. The van der Waals surface area contributed by atoms with E-state index in [0.717, 1.165) is 11.1 Å². The number of benzene rings is 1. The normalized spacial score (nSPS) is 12.2. The summed E-state index contributed by atoms with van der Waals surface area (Å²) in [5, 5.41) is 0.792. The second kappa shape index (κ2) is 5.27. The van der Waals surface area contributed by atoms with Crippen molar-refractivity contribution in [3.63, 3.8) is 0 Å². The highest BCUT2D eigenvalue weighted by atomic mass is 32.2. The van der Waals surface area contributed by atoms with Crippen LogP contribution < -0.4 is 0 Å². The predicted octanol–water partition coefficient (Wildman–Crippen LogP) is 2.90. The molecule has 1 heterocycles. The molecule has 0 saturated carbocycles. The number of para-hydroxylation sites is 1. The maximum absolute atomic E-state index is 12.2. The molecule has 0 saturated heterocycles. The average Bonchev–Trinajstić information content (AvgIpc) is 2.35. The van der Waals surface area contributed by atoms with Gasteiger partial charge in [0.05, 0.1) is 12.1 Å². The Morgan fingerprint density at radius 1 is 1.21 bits per heavy atom. The van der Waals surface area contributed by atoms with Crippen LogP contribution in [0.2, 0.25) is 0 Å². The van der Waals surface area contributed by atoms with Crippen molar-refractivity contribution in [2.75, 3.05) is 6.61 Å². The van der Waals surface area contributed by atoms with Crippen molar-refractivity contribution in [3.05, 3.63) is 36.0 Å². The van der Waals surface area contributed by atoms with Crippen LogP contribution in [0.4, 0.5) is 0 Å². The maximum Gasteiger partial charge on any atom is 0.299 e. The van der Waals surface area contributed by atoms with Gasteiger partial charge in [0.15, 0.2) is 0 Å². The van der Waals surface area contributed by atoms with Gasteiger partial charge >= 0.3 is 0 Å². The molecule has 102 valence electrons. The van der Waals surface area contributed by atoms with Gasteiger partial charge in [0.2, 0.25) is 0 Å². The van der Waals surface area contributed by atoms with Crippen molar-refractivity contribution in [3.8, 4) is 0 Å². The third-order valence-electron chi connectivity index (χ3n) is 2.65. The Bertz CT molecular complexity index is 693. The summed E-state index contributed by atoms with van der Waals surface area (Å²) in [7, 11) is -3.76. The second-order valence-electron chi connectivity index (χ2n) is 4.91. The van der Waals surface area contributed by atoms with E-state index in [9.17, 15) is 8.42 Å². The lowest BCUT2D eigenvalue weighted by molar-refractivity contribution is 0.275.